The molecule has 0 saturated heterocycles. The topological polar surface area (TPSA) is 71.4 Å². The smallest absolute Gasteiger partial charge is 0.0772 e. The second-order valence-corrected chi connectivity index (χ2v) is 4.69. The van der Waals surface area contributed by atoms with E-state index in [-0.39, 0.29) is 5.92 Å². The van der Waals surface area contributed by atoms with Crippen molar-refractivity contribution in [3.8, 4) is 18.2 Å². The summed E-state index contributed by atoms with van der Waals surface area (Å²) in [4.78, 5) is 0. The van der Waals surface area contributed by atoms with Gasteiger partial charge in [-0.05, 0) is 37.5 Å². The van der Waals surface area contributed by atoms with Gasteiger partial charge in [-0.1, -0.05) is 0 Å². The van der Waals surface area contributed by atoms with E-state index >= 15 is 0 Å². The van der Waals surface area contributed by atoms with E-state index in [2.05, 4.69) is 18.2 Å². The molecule has 0 spiro atoms. The molecule has 0 N–H and O–H groups in total. The number of rotatable bonds is 2. The second kappa shape index (κ2) is 3.56. The highest BCUT2D eigenvalue weighted by Gasteiger charge is 2.58. The van der Waals surface area contributed by atoms with Crippen molar-refractivity contribution in [2.45, 2.75) is 32.1 Å². The molecule has 0 aromatic heterocycles. The summed E-state index contributed by atoms with van der Waals surface area (Å²) in [6.07, 6.45) is 4.17. The minimum absolute atomic E-state index is 0.130. The first-order valence-corrected chi connectivity index (χ1v) is 5.46. The molecule has 0 aliphatic heterocycles. The van der Waals surface area contributed by atoms with E-state index in [1.807, 2.05) is 0 Å². The molecular weight excluding hydrogens is 186 g/mol. The molecule has 0 radical (unpaired) electrons. The molecule has 4 atom stereocenters. The average molecular weight is 199 g/mol. The van der Waals surface area contributed by atoms with Gasteiger partial charge >= 0.3 is 0 Å². The second-order valence-electron chi connectivity index (χ2n) is 4.69. The summed E-state index contributed by atoms with van der Waals surface area (Å²) in [5, 5.41) is 27.1. The molecule has 2 bridgehead atoms. The largest absolute Gasteiger partial charge is 0.198 e. The van der Waals surface area contributed by atoms with Gasteiger partial charge in [0.25, 0.3) is 0 Å². The zero-order valence-electron chi connectivity index (χ0n) is 8.61. The molecule has 0 aromatic carbocycles. The van der Waals surface area contributed by atoms with Gasteiger partial charge in [0.1, 0.15) is 0 Å². The van der Waals surface area contributed by atoms with Crippen LogP contribution in [0.25, 0.3) is 0 Å². The molecule has 15 heavy (non-hydrogen) atoms. The maximum atomic E-state index is 9.36. The highest BCUT2D eigenvalue weighted by molar-refractivity contribution is 5.21. The van der Waals surface area contributed by atoms with Crippen LogP contribution in [-0.2, 0) is 0 Å². The van der Waals surface area contributed by atoms with E-state index in [0.29, 0.717) is 24.7 Å². The Morgan fingerprint density at radius 1 is 1.20 bits per heavy atom. The van der Waals surface area contributed by atoms with E-state index in [4.69, 9.17) is 5.26 Å². The third kappa shape index (κ3) is 1.22. The summed E-state index contributed by atoms with van der Waals surface area (Å²) in [5.41, 5.74) is -0.507. The van der Waals surface area contributed by atoms with Gasteiger partial charge in [-0.3, -0.25) is 0 Å². The molecular formula is C12H13N3. The predicted molar refractivity (Wildman–Crippen MR) is 52.8 cm³/mol. The van der Waals surface area contributed by atoms with Crippen LogP contribution in [0.1, 0.15) is 32.1 Å². The van der Waals surface area contributed by atoms with Gasteiger partial charge in [-0.25, -0.2) is 0 Å². The van der Waals surface area contributed by atoms with Crippen molar-refractivity contribution in [3.63, 3.8) is 0 Å². The van der Waals surface area contributed by atoms with E-state index in [1.165, 1.54) is 0 Å². The minimum Gasteiger partial charge on any atom is -0.198 e. The van der Waals surface area contributed by atoms with Crippen molar-refractivity contribution in [3.05, 3.63) is 0 Å². The van der Waals surface area contributed by atoms with Crippen molar-refractivity contribution in [1.29, 1.82) is 15.8 Å². The number of fused-ring (bicyclic) bond motifs is 2. The van der Waals surface area contributed by atoms with Crippen molar-refractivity contribution in [2.24, 2.45) is 23.2 Å². The molecule has 2 fully saturated rings. The van der Waals surface area contributed by atoms with Crippen molar-refractivity contribution in [2.75, 3.05) is 0 Å². The maximum absolute atomic E-state index is 9.36. The Labute approximate surface area is 89.9 Å². The Bertz CT molecular complexity index is 381. The van der Waals surface area contributed by atoms with Crippen molar-refractivity contribution in [1.82, 2.24) is 0 Å². The first-order valence-electron chi connectivity index (χ1n) is 5.46. The lowest BCUT2D eigenvalue weighted by atomic mass is 9.65. The average Bonchev–Trinajstić information content (AvgIpc) is 2.84. The van der Waals surface area contributed by atoms with Gasteiger partial charge in [-0.15, -0.1) is 0 Å². The van der Waals surface area contributed by atoms with E-state index in [9.17, 15) is 10.5 Å². The SMILES string of the molecule is N#CCCC1(C#N)C2CCC(C2)C1C#N. The fourth-order valence-corrected chi connectivity index (χ4v) is 3.52. The number of nitrogens with zero attached hydrogens (tertiary/aromatic N) is 3. The molecule has 76 valence electrons. The van der Waals surface area contributed by atoms with Crippen LogP contribution in [-0.4, -0.2) is 0 Å². The summed E-state index contributed by atoms with van der Waals surface area (Å²) in [5.74, 6) is 0.651. The van der Waals surface area contributed by atoms with Crippen molar-refractivity contribution < 1.29 is 0 Å². The third-order valence-corrected chi connectivity index (χ3v) is 4.23. The summed E-state index contributed by atoms with van der Waals surface area (Å²) >= 11 is 0. The quantitative estimate of drug-likeness (QED) is 0.685. The Morgan fingerprint density at radius 3 is 2.60 bits per heavy atom. The van der Waals surface area contributed by atoms with Crippen LogP contribution in [0.4, 0.5) is 0 Å². The van der Waals surface area contributed by atoms with Crippen LogP contribution in [0.3, 0.4) is 0 Å². The van der Waals surface area contributed by atoms with Crippen LogP contribution in [0, 0.1) is 57.2 Å². The van der Waals surface area contributed by atoms with Crippen LogP contribution < -0.4 is 0 Å². The molecule has 0 amide bonds. The molecule has 2 aliphatic rings. The Balaban J connectivity index is 2.28. The molecule has 2 aliphatic carbocycles. The van der Waals surface area contributed by atoms with Gasteiger partial charge in [0.15, 0.2) is 0 Å². The van der Waals surface area contributed by atoms with Gasteiger partial charge in [0.2, 0.25) is 0 Å². The van der Waals surface area contributed by atoms with Crippen LogP contribution in [0.2, 0.25) is 0 Å². The van der Waals surface area contributed by atoms with Crippen LogP contribution in [0.15, 0.2) is 0 Å². The zero-order valence-corrected chi connectivity index (χ0v) is 8.61. The van der Waals surface area contributed by atoms with Gasteiger partial charge in [0, 0.05) is 6.42 Å². The monoisotopic (exact) mass is 199 g/mol. The van der Waals surface area contributed by atoms with Gasteiger partial charge < -0.3 is 0 Å². The molecule has 4 unspecified atom stereocenters. The lowest BCUT2D eigenvalue weighted by Crippen LogP contribution is -2.34. The Kier molecular flexibility index (Phi) is 2.37. The number of hydrogen-bond donors (Lipinski definition) is 0. The van der Waals surface area contributed by atoms with E-state index in [1.54, 1.807) is 0 Å². The normalized spacial score (nSPS) is 41.8. The minimum atomic E-state index is -0.507. The maximum Gasteiger partial charge on any atom is 0.0772 e. The first kappa shape index (κ1) is 10.0. The number of hydrogen-bond acceptors (Lipinski definition) is 3. The summed E-state index contributed by atoms with van der Waals surface area (Å²) < 4.78 is 0. The summed E-state index contributed by atoms with van der Waals surface area (Å²) in [6, 6.07) is 6.78. The molecule has 2 saturated carbocycles. The fourth-order valence-electron chi connectivity index (χ4n) is 3.52. The number of nitriles is 3. The summed E-state index contributed by atoms with van der Waals surface area (Å²) in [7, 11) is 0. The lowest BCUT2D eigenvalue weighted by Gasteiger charge is -2.34. The zero-order chi connectivity index (χ0) is 10.9. The van der Waals surface area contributed by atoms with Crippen LogP contribution >= 0.6 is 0 Å². The summed E-state index contributed by atoms with van der Waals surface area (Å²) in [6.45, 7) is 0. The standard InChI is InChI=1S/C12H13N3/c13-5-1-4-12(8-15)10-3-2-9(6-10)11(12)7-14/h9-11H,1-4,6H2. The third-order valence-electron chi connectivity index (χ3n) is 4.23. The van der Waals surface area contributed by atoms with Gasteiger partial charge in [-0.2, -0.15) is 15.8 Å². The molecule has 3 heteroatoms. The van der Waals surface area contributed by atoms with E-state index in [0.717, 1.165) is 19.3 Å². The lowest BCUT2D eigenvalue weighted by molar-refractivity contribution is 0.174. The first-order chi connectivity index (χ1) is 7.28. The predicted octanol–water partition coefficient (Wildman–Crippen LogP) is 2.37. The van der Waals surface area contributed by atoms with Crippen molar-refractivity contribution >= 4 is 0 Å². The Hall–Kier alpha value is -1.53. The van der Waals surface area contributed by atoms with Crippen LogP contribution in [0.5, 0.6) is 0 Å². The highest BCUT2D eigenvalue weighted by Crippen LogP contribution is 2.61. The highest BCUT2D eigenvalue weighted by atomic mass is 14.6. The van der Waals surface area contributed by atoms with E-state index < -0.39 is 5.41 Å². The van der Waals surface area contributed by atoms with Gasteiger partial charge in [0.05, 0.1) is 29.5 Å². The fraction of sp³-hybridized carbons (Fsp3) is 0.750. The Morgan fingerprint density at radius 2 is 2.00 bits per heavy atom. The molecule has 2 rings (SSSR count). The molecule has 0 heterocycles. The molecule has 3 nitrogen and oxygen atoms in total. The molecule has 0 aromatic rings.